The largest absolute Gasteiger partial charge is 0.378 e. The highest BCUT2D eigenvalue weighted by Gasteiger charge is 2.19. The van der Waals surface area contributed by atoms with Gasteiger partial charge in [0.15, 0.2) is 5.82 Å². The number of hydrazine groups is 1. The van der Waals surface area contributed by atoms with E-state index in [1.54, 1.807) is 23.7 Å². The molecule has 0 amide bonds. The van der Waals surface area contributed by atoms with Crippen molar-refractivity contribution in [1.29, 1.82) is 0 Å². The number of nitrogens with zero attached hydrogens (tertiary/aromatic N) is 4. The van der Waals surface area contributed by atoms with Gasteiger partial charge < -0.3 is 9.64 Å². The number of nitrogens with two attached hydrogens (primary N) is 1. The van der Waals surface area contributed by atoms with E-state index in [1.807, 2.05) is 12.1 Å². The topological polar surface area (TPSA) is 89.2 Å². The van der Waals surface area contributed by atoms with E-state index in [0.717, 1.165) is 39.6 Å². The third kappa shape index (κ3) is 2.72. The quantitative estimate of drug-likeness (QED) is 0.560. The summed E-state index contributed by atoms with van der Waals surface area (Å²) in [5, 5.41) is 0. The van der Waals surface area contributed by atoms with Crippen LogP contribution in [0.15, 0.2) is 30.6 Å². The molecule has 0 atom stereocenters. The van der Waals surface area contributed by atoms with Crippen LogP contribution in [-0.2, 0) is 4.74 Å². The standard InChI is InChI=1S/C15H16N6OS/c16-20-15-18-11-9-12(10-1-3-17-4-2-10)23-13(11)14(19-15)21-5-7-22-8-6-21/h1-4,9H,5-8,16H2,(H,18,19,20). The van der Waals surface area contributed by atoms with Gasteiger partial charge in [-0.3, -0.25) is 10.4 Å². The minimum atomic E-state index is 0.429. The van der Waals surface area contributed by atoms with E-state index in [4.69, 9.17) is 10.6 Å². The number of thiophene rings is 1. The first-order chi connectivity index (χ1) is 11.3. The summed E-state index contributed by atoms with van der Waals surface area (Å²) in [5.41, 5.74) is 4.58. The molecule has 0 spiro atoms. The number of aromatic nitrogens is 3. The summed E-state index contributed by atoms with van der Waals surface area (Å²) >= 11 is 1.69. The van der Waals surface area contributed by atoms with Crippen LogP contribution in [0.5, 0.6) is 0 Å². The molecule has 3 N–H and O–H groups in total. The fraction of sp³-hybridized carbons (Fsp3) is 0.267. The monoisotopic (exact) mass is 328 g/mol. The Labute approximate surface area is 137 Å². The number of morpholine rings is 1. The van der Waals surface area contributed by atoms with Crippen molar-refractivity contribution in [2.24, 2.45) is 5.84 Å². The zero-order chi connectivity index (χ0) is 15.6. The fourth-order valence-corrected chi connectivity index (χ4v) is 3.75. The molecule has 23 heavy (non-hydrogen) atoms. The van der Waals surface area contributed by atoms with Gasteiger partial charge in [-0.05, 0) is 23.8 Å². The second-order valence-corrected chi connectivity index (χ2v) is 6.23. The Kier molecular flexibility index (Phi) is 3.78. The third-order valence-corrected chi connectivity index (χ3v) is 4.93. The zero-order valence-electron chi connectivity index (χ0n) is 12.4. The lowest BCUT2D eigenvalue weighted by Crippen LogP contribution is -2.37. The Hall–Kier alpha value is -2.29. The Morgan fingerprint density at radius 2 is 1.96 bits per heavy atom. The van der Waals surface area contributed by atoms with Gasteiger partial charge in [0, 0.05) is 30.4 Å². The maximum Gasteiger partial charge on any atom is 0.239 e. The van der Waals surface area contributed by atoms with E-state index < -0.39 is 0 Å². The minimum absolute atomic E-state index is 0.429. The summed E-state index contributed by atoms with van der Waals surface area (Å²) in [6.45, 7) is 3.05. The van der Waals surface area contributed by atoms with Crippen molar-refractivity contribution in [3.63, 3.8) is 0 Å². The number of fused-ring (bicyclic) bond motifs is 1. The van der Waals surface area contributed by atoms with Crippen LogP contribution in [0, 0.1) is 0 Å². The molecule has 118 valence electrons. The van der Waals surface area contributed by atoms with E-state index in [1.165, 1.54) is 0 Å². The summed E-state index contributed by atoms with van der Waals surface area (Å²) in [6, 6.07) is 6.06. The van der Waals surface area contributed by atoms with Crippen molar-refractivity contribution in [2.75, 3.05) is 36.6 Å². The predicted octanol–water partition coefficient (Wildman–Crippen LogP) is 1.88. The van der Waals surface area contributed by atoms with E-state index >= 15 is 0 Å². The molecule has 0 aromatic carbocycles. The van der Waals surface area contributed by atoms with Crippen molar-refractivity contribution in [2.45, 2.75) is 0 Å². The molecule has 0 bridgehead atoms. The summed E-state index contributed by atoms with van der Waals surface area (Å²) in [6.07, 6.45) is 3.59. The first kappa shape index (κ1) is 14.3. The second kappa shape index (κ2) is 6.07. The van der Waals surface area contributed by atoms with Crippen LogP contribution in [0.3, 0.4) is 0 Å². The number of nitrogens with one attached hydrogen (secondary N) is 1. The molecule has 1 fully saturated rings. The van der Waals surface area contributed by atoms with Gasteiger partial charge in [0.2, 0.25) is 5.95 Å². The van der Waals surface area contributed by atoms with Crippen molar-refractivity contribution in [1.82, 2.24) is 15.0 Å². The Bertz CT molecular complexity index is 815. The van der Waals surface area contributed by atoms with Gasteiger partial charge in [0.25, 0.3) is 0 Å². The highest BCUT2D eigenvalue weighted by atomic mass is 32.1. The van der Waals surface area contributed by atoms with Gasteiger partial charge in [-0.25, -0.2) is 10.8 Å². The zero-order valence-corrected chi connectivity index (χ0v) is 13.2. The van der Waals surface area contributed by atoms with E-state index in [2.05, 4.69) is 31.3 Å². The molecule has 1 saturated heterocycles. The lowest BCUT2D eigenvalue weighted by atomic mass is 10.2. The number of hydrogen-bond acceptors (Lipinski definition) is 8. The van der Waals surface area contributed by atoms with Crippen LogP contribution in [0.1, 0.15) is 0 Å². The molecule has 0 unspecified atom stereocenters. The highest BCUT2D eigenvalue weighted by Crippen LogP contribution is 2.37. The second-order valence-electron chi connectivity index (χ2n) is 5.18. The number of nitrogen functional groups attached to an aromatic ring is 1. The summed E-state index contributed by atoms with van der Waals surface area (Å²) in [4.78, 5) is 16.5. The van der Waals surface area contributed by atoms with E-state index in [9.17, 15) is 0 Å². The van der Waals surface area contributed by atoms with Crippen molar-refractivity contribution in [3.05, 3.63) is 30.6 Å². The van der Waals surface area contributed by atoms with Crippen molar-refractivity contribution < 1.29 is 4.74 Å². The molecule has 1 aliphatic heterocycles. The molecule has 4 heterocycles. The fourth-order valence-electron chi connectivity index (χ4n) is 2.63. The highest BCUT2D eigenvalue weighted by molar-refractivity contribution is 7.22. The Morgan fingerprint density at radius 3 is 2.70 bits per heavy atom. The average molecular weight is 328 g/mol. The molecule has 3 aromatic heterocycles. The molecule has 0 saturated carbocycles. The van der Waals surface area contributed by atoms with Gasteiger partial charge in [0.05, 0.1) is 23.4 Å². The van der Waals surface area contributed by atoms with Crippen LogP contribution in [-0.4, -0.2) is 41.3 Å². The van der Waals surface area contributed by atoms with E-state index in [-0.39, 0.29) is 0 Å². The Balaban J connectivity index is 1.85. The maximum absolute atomic E-state index is 5.53. The molecule has 7 nitrogen and oxygen atoms in total. The Morgan fingerprint density at radius 1 is 1.17 bits per heavy atom. The lowest BCUT2D eigenvalue weighted by molar-refractivity contribution is 0.122. The first-order valence-electron chi connectivity index (χ1n) is 7.36. The van der Waals surface area contributed by atoms with Gasteiger partial charge in [-0.1, -0.05) is 0 Å². The summed E-state index contributed by atoms with van der Waals surface area (Å²) < 4.78 is 6.50. The van der Waals surface area contributed by atoms with Crippen LogP contribution in [0.2, 0.25) is 0 Å². The molecule has 3 aromatic rings. The summed E-state index contributed by atoms with van der Waals surface area (Å²) in [5.74, 6) is 6.88. The number of anilines is 2. The molecule has 1 aliphatic rings. The van der Waals surface area contributed by atoms with Crippen molar-refractivity contribution in [3.8, 4) is 10.4 Å². The van der Waals surface area contributed by atoms with Crippen LogP contribution in [0.25, 0.3) is 20.7 Å². The molecule has 0 radical (unpaired) electrons. The first-order valence-corrected chi connectivity index (χ1v) is 8.18. The number of rotatable bonds is 3. The maximum atomic E-state index is 5.53. The van der Waals surface area contributed by atoms with Crippen molar-refractivity contribution >= 4 is 33.3 Å². The molecule has 8 heteroatoms. The molecular weight excluding hydrogens is 312 g/mol. The molecular formula is C15H16N6OS. The molecule has 0 aliphatic carbocycles. The van der Waals surface area contributed by atoms with Crippen LogP contribution >= 0.6 is 11.3 Å². The normalized spacial score (nSPS) is 15.1. The number of pyridine rings is 1. The van der Waals surface area contributed by atoms with Gasteiger partial charge in [0.1, 0.15) is 0 Å². The minimum Gasteiger partial charge on any atom is -0.378 e. The molecule has 4 rings (SSSR count). The third-order valence-electron chi connectivity index (χ3n) is 3.76. The van der Waals surface area contributed by atoms with Crippen LogP contribution < -0.4 is 16.2 Å². The predicted molar refractivity (Wildman–Crippen MR) is 91.5 cm³/mol. The van der Waals surface area contributed by atoms with Gasteiger partial charge >= 0.3 is 0 Å². The van der Waals surface area contributed by atoms with Crippen LogP contribution in [0.4, 0.5) is 11.8 Å². The summed E-state index contributed by atoms with van der Waals surface area (Å²) in [7, 11) is 0. The van der Waals surface area contributed by atoms with E-state index in [0.29, 0.717) is 19.2 Å². The van der Waals surface area contributed by atoms with Gasteiger partial charge in [-0.15, -0.1) is 11.3 Å². The average Bonchev–Trinajstić information content (AvgIpc) is 3.06. The number of hydrogen-bond donors (Lipinski definition) is 2. The number of ether oxygens (including phenoxy) is 1. The SMILES string of the molecule is NNc1nc(N2CCOCC2)c2sc(-c3ccncc3)cc2n1. The van der Waals surface area contributed by atoms with Gasteiger partial charge in [-0.2, -0.15) is 4.98 Å². The lowest BCUT2D eigenvalue weighted by Gasteiger charge is -2.28. The smallest absolute Gasteiger partial charge is 0.239 e.